The van der Waals surface area contributed by atoms with Gasteiger partial charge in [-0.15, -0.1) is 0 Å². The van der Waals surface area contributed by atoms with Crippen molar-refractivity contribution in [3.63, 3.8) is 0 Å². The number of hydrogen-bond acceptors (Lipinski definition) is 7. The molecule has 21 heavy (non-hydrogen) atoms. The zero-order valence-corrected chi connectivity index (χ0v) is 10.4. The Morgan fingerprint density at radius 2 is 1.52 bits per heavy atom. The molecule has 10 nitrogen and oxygen atoms in total. The minimum Gasteiger partial charge on any atom is -0.476 e. The van der Waals surface area contributed by atoms with Gasteiger partial charge in [0.25, 0.3) is 11.1 Å². The van der Waals surface area contributed by atoms with E-state index in [4.69, 9.17) is 5.11 Å². The van der Waals surface area contributed by atoms with Crippen LogP contribution in [0, 0.1) is 0 Å². The third kappa shape index (κ3) is 1.52. The molecule has 1 N–H and O–H groups in total. The Balaban J connectivity index is 2.57. The molecule has 0 fully saturated rings. The van der Waals surface area contributed by atoms with Gasteiger partial charge in [-0.1, -0.05) is 0 Å². The number of esters is 1. The van der Waals surface area contributed by atoms with E-state index in [-0.39, 0.29) is 11.2 Å². The van der Waals surface area contributed by atoms with Gasteiger partial charge in [-0.25, -0.2) is 19.6 Å². The van der Waals surface area contributed by atoms with Crippen molar-refractivity contribution in [1.29, 1.82) is 0 Å². The molecule has 0 amide bonds. The van der Waals surface area contributed by atoms with Gasteiger partial charge in [0.05, 0.1) is 7.11 Å². The number of carboxylic acid groups (broad SMARTS) is 1. The second-order valence-corrected chi connectivity index (χ2v) is 4.03. The Labute approximate surface area is 114 Å². The van der Waals surface area contributed by atoms with Crippen LogP contribution in [0.4, 0.5) is 0 Å². The van der Waals surface area contributed by atoms with Gasteiger partial charge in [0.2, 0.25) is 0 Å². The number of methoxy groups -OCH3 is 1. The number of rotatable bonds is 2. The average molecular weight is 290 g/mol. The number of nitrogens with zero attached hydrogens (tertiary/aromatic N) is 4. The second-order valence-electron chi connectivity index (χ2n) is 4.03. The van der Waals surface area contributed by atoms with Crippen LogP contribution in [0.3, 0.4) is 0 Å². The van der Waals surface area contributed by atoms with E-state index in [1.807, 2.05) is 0 Å². The van der Waals surface area contributed by atoms with E-state index >= 15 is 0 Å². The lowest BCUT2D eigenvalue weighted by atomic mass is 10.3. The first kappa shape index (κ1) is 12.7. The molecule has 3 heterocycles. The van der Waals surface area contributed by atoms with Crippen LogP contribution in [0.2, 0.25) is 0 Å². The first-order chi connectivity index (χ1) is 9.97. The van der Waals surface area contributed by atoms with Crippen molar-refractivity contribution >= 4 is 23.0 Å². The molecule has 3 rings (SSSR count). The Hall–Kier alpha value is -3.30. The topological polar surface area (TPSA) is 132 Å². The smallest absolute Gasteiger partial charge is 0.359 e. The first-order valence-electron chi connectivity index (χ1n) is 5.53. The highest BCUT2D eigenvalue weighted by atomic mass is 16.5. The lowest BCUT2D eigenvalue weighted by Crippen LogP contribution is -2.27. The van der Waals surface area contributed by atoms with Gasteiger partial charge in [0, 0.05) is 0 Å². The van der Waals surface area contributed by atoms with Crippen LogP contribution in [0.25, 0.3) is 11.0 Å². The lowest BCUT2D eigenvalue weighted by molar-refractivity contribution is 0.0596. The Kier molecular flexibility index (Phi) is 2.48. The molecule has 0 bridgehead atoms. The maximum absolute atomic E-state index is 12.3. The number of carbonyl (C=O) groups is 2. The largest absolute Gasteiger partial charge is 0.476 e. The predicted molar refractivity (Wildman–Crippen MR) is 66.0 cm³/mol. The summed E-state index contributed by atoms with van der Waals surface area (Å²) in [5.41, 5.74) is -3.17. The Morgan fingerprint density at radius 1 is 1.05 bits per heavy atom. The monoisotopic (exact) mass is 290 g/mol. The molecular weight excluding hydrogens is 284 g/mol. The van der Waals surface area contributed by atoms with Crippen LogP contribution in [0.5, 0.6) is 0 Å². The van der Waals surface area contributed by atoms with E-state index < -0.39 is 34.3 Å². The van der Waals surface area contributed by atoms with Crippen LogP contribution in [0.1, 0.15) is 21.0 Å². The Bertz CT molecular complexity index is 1020. The van der Waals surface area contributed by atoms with E-state index in [1.165, 1.54) is 0 Å². The number of carbonyl (C=O) groups excluding carboxylic acids is 1. The lowest BCUT2D eigenvalue weighted by Gasteiger charge is -1.98. The summed E-state index contributed by atoms with van der Waals surface area (Å²) in [6.45, 7) is 0. The number of hydrogen-bond donors (Lipinski definition) is 1. The van der Waals surface area contributed by atoms with Crippen molar-refractivity contribution < 1.29 is 19.4 Å². The highest BCUT2D eigenvalue weighted by molar-refractivity contribution is 5.96. The van der Waals surface area contributed by atoms with Crippen LogP contribution in [-0.2, 0) is 4.74 Å². The number of aromatic nitrogens is 4. The van der Waals surface area contributed by atoms with E-state index in [0.29, 0.717) is 0 Å². The SMILES string of the molecule is COC(=O)c1ncn2c(=O)c3c(C(=O)O)ncn3c(=O)c12. The van der Waals surface area contributed by atoms with Gasteiger partial charge < -0.3 is 9.84 Å². The summed E-state index contributed by atoms with van der Waals surface area (Å²) in [5, 5.41) is 8.97. The number of fused-ring (bicyclic) bond motifs is 2. The molecule has 0 saturated heterocycles. The minimum absolute atomic E-state index is 0.298. The van der Waals surface area contributed by atoms with Crippen LogP contribution < -0.4 is 11.1 Å². The minimum atomic E-state index is -1.44. The summed E-state index contributed by atoms with van der Waals surface area (Å²) in [4.78, 5) is 54.3. The maximum atomic E-state index is 12.3. The standard InChI is InChI=1S/C11H6N4O6/c1-21-11(20)5-7-9(17)14-2-12-4(10(18)19)6(14)8(16)15(7)3-13-5/h2-3H,1H3,(H,18,19). The third-order valence-corrected chi connectivity index (χ3v) is 2.96. The molecule has 0 aromatic carbocycles. The molecule has 0 spiro atoms. The average Bonchev–Trinajstić information content (AvgIpc) is 3.08. The summed E-state index contributed by atoms with van der Waals surface area (Å²) in [7, 11) is 1.11. The van der Waals surface area contributed by atoms with Gasteiger partial charge in [-0.05, 0) is 0 Å². The quantitative estimate of drug-likeness (QED) is 0.571. The fourth-order valence-electron chi connectivity index (χ4n) is 2.04. The van der Waals surface area contributed by atoms with E-state index in [9.17, 15) is 19.2 Å². The van der Waals surface area contributed by atoms with E-state index in [0.717, 1.165) is 28.6 Å². The highest BCUT2D eigenvalue weighted by Crippen LogP contribution is 2.08. The molecule has 10 heteroatoms. The number of carboxylic acids is 1. The summed E-state index contributed by atoms with van der Waals surface area (Å²) < 4.78 is 6.06. The molecule has 0 aliphatic rings. The molecule has 0 unspecified atom stereocenters. The zero-order chi connectivity index (χ0) is 15.3. The van der Waals surface area contributed by atoms with Crippen molar-refractivity contribution in [3.8, 4) is 0 Å². The molecule has 3 aromatic heterocycles. The number of ether oxygens (including phenoxy) is 1. The molecule has 0 aliphatic heterocycles. The second kappa shape index (κ2) is 4.10. The number of imidazole rings is 2. The summed E-state index contributed by atoms with van der Waals surface area (Å²) in [6.07, 6.45) is 1.88. The van der Waals surface area contributed by atoms with Crippen LogP contribution >= 0.6 is 0 Å². The van der Waals surface area contributed by atoms with Gasteiger partial charge >= 0.3 is 11.9 Å². The van der Waals surface area contributed by atoms with E-state index in [2.05, 4.69) is 14.7 Å². The van der Waals surface area contributed by atoms with Gasteiger partial charge in [0.1, 0.15) is 23.7 Å². The van der Waals surface area contributed by atoms with Gasteiger partial charge in [0.15, 0.2) is 11.4 Å². The Morgan fingerprint density at radius 3 is 2.00 bits per heavy atom. The fraction of sp³-hybridized carbons (Fsp3) is 0.0909. The first-order valence-corrected chi connectivity index (χ1v) is 5.53. The summed E-state index contributed by atoms with van der Waals surface area (Å²) in [6, 6.07) is 0. The normalized spacial score (nSPS) is 11.1. The fourth-order valence-corrected chi connectivity index (χ4v) is 2.04. The third-order valence-electron chi connectivity index (χ3n) is 2.96. The van der Waals surface area contributed by atoms with Crippen molar-refractivity contribution in [3.05, 3.63) is 44.8 Å². The highest BCUT2D eigenvalue weighted by Gasteiger charge is 2.24. The van der Waals surface area contributed by atoms with Crippen molar-refractivity contribution in [2.24, 2.45) is 0 Å². The molecule has 106 valence electrons. The van der Waals surface area contributed by atoms with E-state index in [1.54, 1.807) is 0 Å². The van der Waals surface area contributed by atoms with Crippen LogP contribution in [0.15, 0.2) is 22.2 Å². The maximum Gasteiger partial charge on any atom is 0.359 e. The number of aromatic carboxylic acids is 1. The molecule has 0 saturated carbocycles. The molecule has 0 atom stereocenters. The van der Waals surface area contributed by atoms with Gasteiger partial charge in [-0.3, -0.25) is 18.4 Å². The molecule has 3 aromatic rings. The molecule has 0 aliphatic carbocycles. The van der Waals surface area contributed by atoms with Crippen molar-refractivity contribution in [2.75, 3.05) is 7.11 Å². The summed E-state index contributed by atoms with van der Waals surface area (Å²) >= 11 is 0. The molecular formula is C11H6N4O6. The summed E-state index contributed by atoms with van der Waals surface area (Å²) in [5.74, 6) is -2.33. The van der Waals surface area contributed by atoms with Gasteiger partial charge in [-0.2, -0.15) is 0 Å². The van der Waals surface area contributed by atoms with Crippen molar-refractivity contribution in [1.82, 2.24) is 18.8 Å². The van der Waals surface area contributed by atoms with Crippen molar-refractivity contribution in [2.45, 2.75) is 0 Å². The zero-order valence-electron chi connectivity index (χ0n) is 10.4. The predicted octanol–water partition coefficient (Wildman–Crippen LogP) is -1.38. The van der Waals surface area contributed by atoms with Crippen LogP contribution in [-0.4, -0.2) is 42.9 Å². The molecule has 0 radical (unpaired) electrons.